The minimum Gasteiger partial charge on any atom is -0.492 e. The van der Waals surface area contributed by atoms with E-state index in [1.54, 1.807) is 6.07 Å². The van der Waals surface area contributed by atoms with E-state index >= 15 is 0 Å². The van der Waals surface area contributed by atoms with Gasteiger partial charge in [-0.25, -0.2) is 0 Å². The Morgan fingerprint density at radius 1 is 1.20 bits per heavy atom. The van der Waals surface area contributed by atoms with Gasteiger partial charge in [-0.3, -0.25) is 0 Å². The predicted molar refractivity (Wildman–Crippen MR) is 87.9 cm³/mol. The van der Waals surface area contributed by atoms with Crippen molar-refractivity contribution in [3.63, 3.8) is 0 Å². The van der Waals surface area contributed by atoms with E-state index in [0.29, 0.717) is 16.7 Å². The molecule has 1 rings (SSSR count). The monoisotopic (exact) mass is 312 g/mol. The van der Waals surface area contributed by atoms with E-state index in [2.05, 4.69) is 39.5 Å². The van der Waals surface area contributed by atoms with E-state index < -0.39 is 0 Å². The summed E-state index contributed by atoms with van der Waals surface area (Å²) in [5.74, 6) is 7.59. The van der Waals surface area contributed by atoms with Crippen molar-refractivity contribution in [3.05, 3.63) is 27.7 Å². The van der Waals surface area contributed by atoms with Gasteiger partial charge in [0.1, 0.15) is 5.75 Å². The second kappa shape index (κ2) is 8.45. The van der Waals surface area contributed by atoms with Crippen LogP contribution in [-0.4, -0.2) is 6.61 Å². The number of hydrogen-bond acceptors (Lipinski definition) is 1. The van der Waals surface area contributed by atoms with Crippen molar-refractivity contribution in [3.8, 4) is 17.6 Å². The zero-order valence-corrected chi connectivity index (χ0v) is 14.1. The summed E-state index contributed by atoms with van der Waals surface area (Å²) in [6.45, 7) is 9.02. The molecule has 0 aliphatic heterocycles. The third-order valence-corrected chi connectivity index (χ3v) is 3.73. The summed E-state index contributed by atoms with van der Waals surface area (Å²) in [6, 6.07) is 3.67. The summed E-state index contributed by atoms with van der Waals surface area (Å²) in [5.41, 5.74) is 1.04. The van der Waals surface area contributed by atoms with Gasteiger partial charge in [0.05, 0.1) is 11.6 Å². The fraction of sp³-hybridized carbons (Fsp3) is 0.529. The smallest absolute Gasteiger partial charge is 0.141 e. The molecular formula is C17H22Cl2O. The molecule has 0 bridgehead atoms. The summed E-state index contributed by atoms with van der Waals surface area (Å²) in [6.07, 6.45) is 1.81. The van der Waals surface area contributed by atoms with Crippen LogP contribution in [0.15, 0.2) is 12.1 Å². The fourth-order valence-corrected chi connectivity index (χ4v) is 2.50. The number of rotatable bonds is 5. The molecular weight excluding hydrogens is 291 g/mol. The lowest BCUT2D eigenvalue weighted by molar-refractivity contribution is 0.311. The standard InChI is InChI=1S/C17H22Cl2O/c1-5-7-8-12(3)13(4)15-10-14(18)11-16(19)17(15)20-9-6-2/h10-13H,5-6,9H2,1-4H3. The molecule has 0 fully saturated rings. The predicted octanol–water partition coefficient (Wildman–Crippen LogP) is 5.94. The minimum atomic E-state index is 0.220. The molecule has 0 radical (unpaired) electrons. The van der Waals surface area contributed by atoms with Crippen LogP contribution < -0.4 is 4.74 Å². The average Bonchev–Trinajstić information content (AvgIpc) is 2.42. The van der Waals surface area contributed by atoms with Crippen LogP contribution in [0.2, 0.25) is 10.0 Å². The molecule has 0 saturated heterocycles. The largest absolute Gasteiger partial charge is 0.492 e. The van der Waals surface area contributed by atoms with Gasteiger partial charge in [0.15, 0.2) is 0 Å². The molecule has 0 saturated carbocycles. The Bertz CT molecular complexity index is 500. The highest BCUT2D eigenvalue weighted by Gasteiger charge is 2.20. The molecule has 1 aromatic rings. The van der Waals surface area contributed by atoms with Gasteiger partial charge in [0.25, 0.3) is 0 Å². The van der Waals surface area contributed by atoms with Crippen molar-refractivity contribution in [2.24, 2.45) is 5.92 Å². The molecule has 0 amide bonds. The zero-order valence-electron chi connectivity index (χ0n) is 12.6. The molecule has 0 N–H and O–H groups in total. The zero-order chi connectivity index (χ0) is 15.1. The first kappa shape index (κ1) is 17.2. The van der Waals surface area contributed by atoms with Crippen molar-refractivity contribution in [1.29, 1.82) is 0 Å². The van der Waals surface area contributed by atoms with Crippen molar-refractivity contribution in [1.82, 2.24) is 0 Å². The van der Waals surface area contributed by atoms with E-state index in [4.69, 9.17) is 27.9 Å². The van der Waals surface area contributed by atoms with Crippen LogP contribution in [0.3, 0.4) is 0 Å². The first-order valence-corrected chi connectivity index (χ1v) is 7.86. The number of hydrogen-bond donors (Lipinski definition) is 0. The summed E-state index contributed by atoms with van der Waals surface area (Å²) in [7, 11) is 0. The molecule has 2 atom stereocenters. The SMILES string of the molecule is CCC#CC(C)C(C)c1cc(Cl)cc(Cl)c1OCCC. The van der Waals surface area contributed by atoms with Gasteiger partial charge in [-0.1, -0.05) is 56.8 Å². The number of ether oxygens (including phenoxy) is 1. The summed E-state index contributed by atoms with van der Waals surface area (Å²) in [4.78, 5) is 0. The molecule has 0 aliphatic carbocycles. The Hall–Kier alpha value is -0.840. The topological polar surface area (TPSA) is 9.23 Å². The van der Waals surface area contributed by atoms with Crippen LogP contribution in [0.25, 0.3) is 0 Å². The number of halogens is 2. The van der Waals surface area contributed by atoms with E-state index in [1.165, 1.54) is 0 Å². The van der Waals surface area contributed by atoms with Crippen LogP contribution in [0, 0.1) is 17.8 Å². The minimum absolute atomic E-state index is 0.220. The molecule has 0 spiro atoms. The van der Waals surface area contributed by atoms with Gasteiger partial charge >= 0.3 is 0 Å². The van der Waals surface area contributed by atoms with Crippen LogP contribution >= 0.6 is 23.2 Å². The molecule has 0 aliphatic rings. The Morgan fingerprint density at radius 2 is 1.90 bits per heavy atom. The molecule has 1 aromatic carbocycles. The summed E-state index contributed by atoms with van der Waals surface area (Å²) < 4.78 is 5.81. The van der Waals surface area contributed by atoms with E-state index in [9.17, 15) is 0 Å². The second-order valence-corrected chi connectivity index (χ2v) is 5.75. The Kier molecular flexibility index (Phi) is 7.27. The van der Waals surface area contributed by atoms with Crippen molar-refractivity contribution in [2.75, 3.05) is 6.61 Å². The van der Waals surface area contributed by atoms with Gasteiger partial charge in [-0.15, -0.1) is 5.92 Å². The third-order valence-electron chi connectivity index (χ3n) is 3.23. The van der Waals surface area contributed by atoms with Gasteiger partial charge in [0, 0.05) is 22.9 Å². The molecule has 0 aromatic heterocycles. The fourth-order valence-electron chi connectivity index (χ4n) is 1.93. The molecule has 3 heteroatoms. The van der Waals surface area contributed by atoms with Crippen molar-refractivity contribution >= 4 is 23.2 Å². The Labute approximate surface area is 132 Å². The summed E-state index contributed by atoms with van der Waals surface area (Å²) >= 11 is 12.4. The van der Waals surface area contributed by atoms with Crippen molar-refractivity contribution in [2.45, 2.75) is 46.5 Å². The highest BCUT2D eigenvalue weighted by molar-refractivity contribution is 6.35. The van der Waals surface area contributed by atoms with Gasteiger partial charge in [0.2, 0.25) is 0 Å². The quantitative estimate of drug-likeness (QED) is 0.612. The third kappa shape index (κ3) is 4.62. The van der Waals surface area contributed by atoms with E-state index in [1.807, 2.05) is 6.07 Å². The molecule has 0 heterocycles. The average molecular weight is 313 g/mol. The maximum Gasteiger partial charge on any atom is 0.141 e. The van der Waals surface area contributed by atoms with E-state index in [0.717, 1.165) is 24.2 Å². The lowest BCUT2D eigenvalue weighted by atomic mass is 9.88. The highest BCUT2D eigenvalue weighted by atomic mass is 35.5. The first-order chi connectivity index (χ1) is 9.51. The van der Waals surface area contributed by atoms with Crippen molar-refractivity contribution < 1.29 is 4.74 Å². The molecule has 2 unspecified atom stereocenters. The van der Waals surface area contributed by atoms with Gasteiger partial charge < -0.3 is 4.74 Å². The normalized spacial score (nSPS) is 13.3. The van der Waals surface area contributed by atoms with E-state index in [-0.39, 0.29) is 11.8 Å². The lowest BCUT2D eigenvalue weighted by Gasteiger charge is -2.21. The Balaban J connectivity index is 3.13. The second-order valence-electron chi connectivity index (χ2n) is 4.91. The maximum absolute atomic E-state index is 6.28. The van der Waals surface area contributed by atoms with Crippen LogP contribution in [-0.2, 0) is 0 Å². The van der Waals surface area contributed by atoms with Gasteiger partial charge in [-0.2, -0.15) is 0 Å². The Morgan fingerprint density at radius 3 is 2.50 bits per heavy atom. The molecule has 1 nitrogen and oxygen atoms in total. The first-order valence-electron chi connectivity index (χ1n) is 7.11. The van der Waals surface area contributed by atoms with Crippen LogP contribution in [0.1, 0.15) is 52.0 Å². The van der Waals surface area contributed by atoms with Crippen LogP contribution in [0.5, 0.6) is 5.75 Å². The lowest BCUT2D eigenvalue weighted by Crippen LogP contribution is -2.08. The molecule has 110 valence electrons. The summed E-state index contributed by atoms with van der Waals surface area (Å²) in [5, 5.41) is 1.21. The number of benzene rings is 1. The maximum atomic E-state index is 6.28. The molecule has 20 heavy (non-hydrogen) atoms. The van der Waals surface area contributed by atoms with Gasteiger partial charge in [-0.05, 0) is 24.5 Å². The highest BCUT2D eigenvalue weighted by Crippen LogP contribution is 2.39. The van der Waals surface area contributed by atoms with Crippen LogP contribution in [0.4, 0.5) is 0 Å².